The first kappa shape index (κ1) is 65.9. The fourth-order valence-electron chi connectivity index (χ4n) is 9.38. The van der Waals surface area contributed by atoms with Gasteiger partial charge in [-0.3, -0.25) is 24.5 Å². The number of aryl methyl sites for hydroxylation is 1. The van der Waals surface area contributed by atoms with Crippen LogP contribution in [0.5, 0.6) is 11.5 Å². The minimum Gasteiger partial charge on any atom is -0.573 e. The molecule has 20 heteroatoms. The number of halogens is 6. The second-order valence-electron chi connectivity index (χ2n) is 22.6. The number of benzene rings is 3. The van der Waals surface area contributed by atoms with Gasteiger partial charge in [0, 0.05) is 47.7 Å². The quantitative estimate of drug-likeness (QED) is 0.0403. The minimum absolute atomic E-state index is 0. The van der Waals surface area contributed by atoms with Gasteiger partial charge < -0.3 is 34.8 Å². The molecule has 6 heterocycles. The summed E-state index contributed by atoms with van der Waals surface area (Å²) < 4.78 is 87.9. The Hall–Kier alpha value is -8.64. The molecule has 3 aromatic carbocycles. The molecule has 0 radical (unpaired) electrons. The van der Waals surface area contributed by atoms with E-state index in [0.29, 0.717) is 53.8 Å². The van der Waals surface area contributed by atoms with Crippen molar-refractivity contribution in [2.75, 3.05) is 4.90 Å². The molecule has 0 amide bonds. The molecule has 452 valence electrons. The molecule has 0 aliphatic carbocycles. The third kappa shape index (κ3) is 17.7. The smallest absolute Gasteiger partial charge is 0.573 e. The van der Waals surface area contributed by atoms with Crippen LogP contribution in [0.25, 0.3) is 57.7 Å². The van der Waals surface area contributed by atoms with Gasteiger partial charge in [-0.15, -0.1) is 0 Å². The van der Waals surface area contributed by atoms with Gasteiger partial charge in [0.15, 0.2) is 0 Å². The second kappa shape index (κ2) is 28.7. The molecule has 1 atom stereocenters. The topological polar surface area (TPSA) is 161 Å². The van der Waals surface area contributed by atoms with Crippen molar-refractivity contribution in [3.63, 3.8) is 0 Å². The number of anilines is 3. The summed E-state index contributed by atoms with van der Waals surface area (Å²) in [6.45, 7) is 18.3. The number of ether oxygens (including phenoxy) is 2. The van der Waals surface area contributed by atoms with E-state index in [-0.39, 0.29) is 58.8 Å². The molecular weight excluding hydrogens is 1210 g/mol. The van der Waals surface area contributed by atoms with Crippen molar-refractivity contribution < 1.29 is 64.9 Å². The fraction of sp³-hybridized carbons (Fsp3) is 0.284. The average Bonchev–Trinajstić information content (AvgIpc) is 2.39. The van der Waals surface area contributed by atoms with Crippen LogP contribution >= 0.6 is 0 Å². The first-order valence-corrected chi connectivity index (χ1v) is 28.0. The number of carbonyl (C=O) groups is 2. The Morgan fingerprint density at radius 3 is 1.43 bits per heavy atom. The van der Waals surface area contributed by atoms with Crippen LogP contribution in [0.3, 0.4) is 0 Å². The molecule has 6 aromatic heterocycles. The van der Waals surface area contributed by atoms with E-state index in [4.69, 9.17) is 14.5 Å². The second-order valence-corrected chi connectivity index (χ2v) is 22.6. The molecule has 0 aliphatic heterocycles. The summed E-state index contributed by atoms with van der Waals surface area (Å²) in [5.41, 5.74) is 8.12. The van der Waals surface area contributed by atoms with Gasteiger partial charge in [0.05, 0.1) is 34.2 Å². The predicted molar refractivity (Wildman–Crippen MR) is 321 cm³/mol. The third-order valence-corrected chi connectivity index (χ3v) is 14.3. The number of nitrogens with zero attached hydrogens (tertiary/aromatic N) is 9. The van der Waals surface area contributed by atoms with E-state index in [1.54, 1.807) is 42.6 Å². The van der Waals surface area contributed by atoms with Crippen LogP contribution < -0.4 is 24.6 Å². The van der Waals surface area contributed by atoms with E-state index in [9.17, 15) is 35.9 Å². The van der Waals surface area contributed by atoms with Crippen molar-refractivity contribution in [3.8, 4) is 57.1 Å². The predicted octanol–water partition coefficient (Wildman–Crippen LogP) is 16.8. The van der Waals surface area contributed by atoms with E-state index >= 15 is 0 Å². The molecule has 9 aromatic rings. The molecular formula is C67H65F6N9O4Ru. The molecule has 0 saturated heterocycles. The number of alkyl halides is 6. The van der Waals surface area contributed by atoms with Gasteiger partial charge in [-0.1, -0.05) is 141 Å². The van der Waals surface area contributed by atoms with Crippen molar-refractivity contribution in [2.45, 2.75) is 117 Å². The van der Waals surface area contributed by atoms with Gasteiger partial charge in [0.2, 0.25) is 0 Å². The van der Waals surface area contributed by atoms with Gasteiger partial charge in [-0.05, 0) is 136 Å². The molecule has 0 bridgehead atoms. The van der Waals surface area contributed by atoms with E-state index in [0.717, 1.165) is 78.0 Å². The van der Waals surface area contributed by atoms with Crippen LogP contribution in [-0.4, -0.2) is 43.1 Å². The monoisotopic (exact) mass is 1280 g/mol. The van der Waals surface area contributed by atoms with Crippen LogP contribution in [0, 0.1) is 5.92 Å². The van der Waals surface area contributed by atoms with Crippen molar-refractivity contribution >= 4 is 42.2 Å². The molecule has 0 saturated carbocycles. The molecule has 1 unspecified atom stereocenters. The van der Waals surface area contributed by atoms with Crippen LogP contribution in [-0.2, 0) is 58.7 Å². The van der Waals surface area contributed by atoms with E-state index in [1.165, 1.54) is 17.3 Å². The number of rotatable bonds is 20. The first-order chi connectivity index (χ1) is 40.9. The molecule has 0 aliphatic rings. The number of unbranched alkanes of at least 4 members (excludes halogenated alkanes) is 1. The van der Waals surface area contributed by atoms with Gasteiger partial charge in [0.25, 0.3) is 12.9 Å². The maximum Gasteiger partial charge on any atom is 2.00 e. The Labute approximate surface area is 514 Å². The number of pyridine rings is 4. The minimum atomic E-state index is -4.67. The Kier molecular flexibility index (Phi) is 21.7. The number of hydrogen-bond donors (Lipinski definition) is 0. The Bertz CT molecular complexity index is 3630. The summed E-state index contributed by atoms with van der Waals surface area (Å²) in [5, 5.41) is 13.5. The number of hydrogen-bond acceptors (Lipinski definition) is 11. The maximum atomic E-state index is 13.0. The van der Waals surface area contributed by atoms with E-state index in [2.05, 4.69) is 175 Å². The summed E-state index contributed by atoms with van der Waals surface area (Å²) in [6, 6.07) is 41.0. The third-order valence-electron chi connectivity index (χ3n) is 14.3. The first-order valence-electron chi connectivity index (χ1n) is 28.0. The van der Waals surface area contributed by atoms with E-state index < -0.39 is 23.7 Å². The molecule has 0 fully saturated rings. The largest absolute Gasteiger partial charge is 2.00 e. The van der Waals surface area contributed by atoms with Crippen LogP contribution in [0.15, 0.2) is 146 Å². The Balaban J connectivity index is 0.000000274. The molecule has 0 N–H and O–H groups in total. The van der Waals surface area contributed by atoms with Crippen LogP contribution in [0.2, 0.25) is 0 Å². The standard InChI is InChI=1S/C45H42N4O4.C22H23F6N5.Ru/c1-44(2,3)33-11-17-36(18-12-33)49(37-19-13-34(14-20-37)45(4,5)6)35-15-9-31(10-16-35)7-8-32-21-23-46-40(25-32)42-27-39(53-30-51)28-43(48-42)41-26-38(52-29-50)22-24-47-41;1-3-5-6-13(4-2)7-8-14-9-15(17-11-19(32-30-17)21(23,24)25)29-16(10-14)18-12-20(33-31-18)22(26,27)28;/h7-30H,1-6H3;9-13H,3-8H2,1-2H3;/q;-2;+2/b8-7+;;. The zero-order valence-electron chi connectivity index (χ0n) is 49.3. The summed E-state index contributed by atoms with van der Waals surface area (Å²) in [5.74, 6) is 1.05. The van der Waals surface area contributed by atoms with Crippen molar-refractivity contribution in [3.05, 3.63) is 185 Å². The number of aromatic nitrogens is 8. The summed E-state index contributed by atoms with van der Waals surface area (Å²) in [6.07, 6.45) is 3.58. The summed E-state index contributed by atoms with van der Waals surface area (Å²) in [4.78, 5) is 42.2. The molecule has 9 rings (SSSR count). The average molecular weight is 1280 g/mol. The Morgan fingerprint density at radius 1 is 0.517 bits per heavy atom. The number of carbonyl (C=O) groups excluding carboxylic acids is 2. The van der Waals surface area contributed by atoms with Gasteiger partial charge >= 0.3 is 31.8 Å². The zero-order chi connectivity index (χ0) is 61.8. The summed E-state index contributed by atoms with van der Waals surface area (Å²) in [7, 11) is 0. The molecule has 87 heavy (non-hydrogen) atoms. The van der Waals surface area contributed by atoms with Crippen molar-refractivity contribution in [1.82, 2.24) is 40.3 Å². The maximum absolute atomic E-state index is 13.0. The van der Waals surface area contributed by atoms with Crippen LogP contribution in [0.4, 0.5) is 43.4 Å². The SMILES string of the molecule is CC(C)(C)c1ccc(N(c2ccc(/C=C/c3ccnc(-c4cc(OC=O)cc(-c5cc(OC=O)ccn5)n4)c3)cc2)c2ccc(C(C)(C)C)cc2)cc1.CCCCC(CC)CCc1cc(-c2cc(C(F)(F)F)n[n-]2)nc(-c2cc(C(F)(F)F)n[n-]2)c1.[Ru+2]. The van der Waals surface area contributed by atoms with Crippen molar-refractivity contribution in [1.29, 1.82) is 0 Å². The van der Waals surface area contributed by atoms with Crippen LogP contribution in [0.1, 0.15) is 127 Å². The molecule has 0 spiro atoms. The van der Waals surface area contributed by atoms with Gasteiger partial charge in [0.1, 0.15) is 22.9 Å². The van der Waals surface area contributed by atoms with E-state index in [1.807, 2.05) is 18.2 Å². The van der Waals surface area contributed by atoms with Gasteiger partial charge in [-0.2, -0.15) is 26.3 Å². The Morgan fingerprint density at radius 2 is 0.966 bits per heavy atom. The zero-order valence-corrected chi connectivity index (χ0v) is 51.0. The van der Waals surface area contributed by atoms with Crippen molar-refractivity contribution in [2.24, 2.45) is 5.92 Å². The summed E-state index contributed by atoms with van der Waals surface area (Å²) >= 11 is 0. The molecule has 13 nitrogen and oxygen atoms in total. The van der Waals surface area contributed by atoms with Gasteiger partial charge in [-0.25, -0.2) is 4.98 Å². The normalized spacial score (nSPS) is 12.2. The fourth-order valence-corrected chi connectivity index (χ4v) is 9.38.